The lowest BCUT2D eigenvalue weighted by molar-refractivity contribution is 0.0693. The summed E-state index contributed by atoms with van der Waals surface area (Å²) in [5.41, 5.74) is -0.841. The van der Waals surface area contributed by atoms with E-state index < -0.39 is 32.8 Å². The number of carbonyl (C=O) groups is 1. The third-order valence-electron chi connectivity index (χ3n) is 3.85. The average Bonchev–Trinajstić information content (AvgIpc) is 2.34. The Morgan fingerprint density at radius 1 is 1.40 bits per heavy atom. The topological polar surface area (TPSA) is 104 Å². The molecule has 0 saturated heterocycles. The van der Waals surface area contributed by atoms with Crippen LogP contribution in [0.3, 0.4) is 0 Å². The van der Waals surface area contributed by atoms with Crippen molar-refractivity contribution in [1.82, 2.24) is 4.72 Å². The second-order valence-corrected chi connectivity index (χ2v) is 6.76. The highest BCUT2D eigenvalue weighted by molar-refractivity contribution is 7.89. The van der Waals surface area contributed by atoms with Crippen LogP contribution < -0.4 is 4.72 Å². The summed E-state index contributed by atoms with van der Waals surface area (Å²) >= 11 is 0. The molecule has 1 fully saturated rings. The van der Waals surface area contributed by atoms with Gasteiger partial charge >= 0.3 is 5.97 Å². The zero-order valence-electron chi connectivity index (χ0n) is 11.1. The Bertz CT molecular complexity index is 629. The first-order chi connectivity index (χ1) is 9.30. The number of phenols is 1. The van der Waals surface area contributed by atoms with E-state index >= 15 is 0 Å². The molecule has 1 aliphatic rings. The molecule has 110 valence electrons. The van der Waals surface area contributed by atoms with Crippen LogP contribution in [0.25, 0.3) is 0 Å². The maximum Gasteiger partial charge on any atom is 0.339 e. The summed E-state index contributed by atoms with van der Waals surface area (Å²) < 4.78 is 27.3. The third-order valence-corrected chi connectivity index (χ3v) is 5.42. The van der Waals surface area contributed by atoms with Gasteiger partial charge in [-0.05, 0) is 43.9 Å². The van der Waals surface area contributed by atoms with Gasteiger partial charge in [-0.1, -0.05) is 6.92 Å². The summed E-state index contributed by atoms with van der Waals surface area (Å²) in [7, 11) is -3.79. The highest BCUT2D eigenvalue weighted by Crippen LogP contribution is 2.36. The van der Waals surface area contributed by atoms with E-state index in [2.05, 4.69) is 4.72 Å². The molecular weight excluding hydrogens is 282 g/mol. The molecule has 1 aromatic rings. The number of hydrogen-bond donors (Lipinski definition) is 3. The van der Waals surface area contributed by atoms with Gasteiger partial charge in [0.25, 0.3) is 0 Å². The minimum Gasteiger partial charge on any atom is -0.507 e. The number of hydrogen-bond acceptors (Lipinski definition) is 4. The second kappa shape index (κ2) is 5.06. The van der Waals surface area contributed by atoms with Crippen LogP contribution in [-0.4, -0.2) is 30.1 Å². The van der Waals surface area contributed by atoms with Gasteiger partial charge in [0.1, 0.15) is 11.3 Å². The third kappa shape index (κ3) is 2.64. The van der Waals surface area contributed by atoms with E-state index in [1.165, 1.54) is 6.07 Å². The molecule has 0 amide bonds. The van der Waals surface area contributed by atoms with Gasteiger partial charge in [0.2, 0.25) is 10.0 Å². The lowest BCUT2D eigenvalue weighted by Gasteiger charge is -2.41. The summed E-state index contributed by atoms with van der Waals surface area (Å²) in [6.45, 7) is 1.92. The summed E-state index contributed by atoms with van der Waals surface area (Å²) in [5, 5.41) is 18.3. The SMILES string of the molecule is CCC1(NS(=O)(=O)c2ccc(O)c(C(=O)O)c2)CCC1. The number of carboxylic acids is 1. The number of aromatic hydroxyl groups is 1. The first-order valence-corrected chi connectivity index (χ1v) is 7.88. The van der Waals surface area contributed by atoms with E-state index in [1.807, 2.05) is 6.92 Å². The number of carboxylic acid groups (broad SMARTS) is 1. The van der Waals surface area contributed by atoms with Crippen LogP contribution in [-0.2, 0) is 10.0 Å². The smallest absolute Gasteiger partial charge is 0.339 e. The van der Waals surface area contributed by atoms with Gasteiger partial charge in [-0.2, -0.15) is 0 Å². The van der Waals surface area contributed by atoms with Crippen molar-refractivity contribution < 1.29 is 23.4 Å². The molecule has 0 heterocycles. The molecule has 0 spiro atoms. The van der Waals surface area contributed by atoms with Crippen molar-refractivity contribution >= 4 is 16.0 Å². The molecule has 0 unspecified atom stereocenters. The molecule has 7 heteroatoms. The molecule has 6 nitrogen and oxygen atoms in total. The Kier molecular flexibility index (Phi) is 3.75. The summed E-state index contributed by atoms with van der Waals surface area (Å²) in [5.74, 6) is -1.82. The van der Waals surface area contributed by atoms with Crippen molar-refractivity contribution in [2.45, 2.75) is 43.0 Å². The number of rotatable bonds is 5. The van der Waals surface area contributed by atoms with E-state index in [1.54, 1.807) is 0 Å². The molecule has 0 aromatic heterocycles. The van der Waals surface area contributed by atoms with Crippen LogP contribution in [0.1, 0.15) is 43.0 Å². The molecule has 3 N–H and O–H groups in total. The average molecular weight is 299 g/mol. The number of nitrogens with one attached hydrogen (secondary N) is 1. The number of sulfonamides is 1. The monoisotopic (exact) mass is 299 g/mol. The minimum absolute atomic E-state index is 0.146. The second-order valence-electron chi connectivity index (χ2n) is 5.08. The van der Waals surface area contributed by atoms with Gasteiger partial charge in [0.15, 0.2) is 0 Å². The first-order valence-electron chi connectivity index (χ1n) is 6.40. The maximum absolute atomic E-state index is 12.3. The van der Waals surface area contributed by atoms with Crippen LogP contribution >= 0.6 is 0 Å². The van der Waals surface area contributed by atoms with Gasteiger partial charge in [0.05, 0.1) is 4.90 Å². The molecule has 0 atom stereocenters. The van der Waals surface area contributed by atoms with Crippen LogP contribution in [0, 0.1) is 0 Å². The Morgan fingerprint density at radius 3 is 2.50 bits per heavy atom. The Morgan fingerprint density at radius 2 is 2.05 bits per heavy atom. The highest BCUT2D eigenvalue weighted by Gasteiger charge is 2.39. The van der Waals surface area contributed by atoms with E-state index in [4.69, 9.17) is 5.11 Å². The fourth-order valence-electron chi connectivity index (χ4n) is 2.33. The van der Waals surface area contributed by atoms with Crippen molar-refractivity contribution in [3.63, 3.8) is 0 Å². The standard InChI is InChI=1S/C13H17NO5S/c1-2-13(6-3-7-13)14-20(18,19)9-4-5-11(15)10(8-9)12(16)17/h4-5,8,14-15H,2-3,6-7H2,1H3,(H,16,17). The molecular formula is C13H17NO5S. The van der Waals surface area contributed by atoms with Crippen molar-refractivity contribution in [1.29, 1.82) is 0 Å². The largest absolute Gasteiger partial charge is 0.507 e. The number of aromatic carboxylic acids is 1. The first kappa shape index (κ1) is 14.8. The normalized spacial score (nSPS) is 17.4. The van der Waals surface area contributed by atoms with Crippen molar-refractivity contribution in [3.05, 3.63) is 23.8 Å². The van der Waals surface area contributed by atoms with Gasteiger partial charge in [-0.25, -0.2) is 17.9 Å². The van der Waals surface area contributed by atoms with Gasteiger partial charge in [-0.3, -0.25) is 0 Å². The molecule has 0 radical (unpaired) electrons. The van der Waals surface area contributed by atoms with Crippen molar-refractivity contribution in [2.24, 2.45) is 0 Å². The minimum atomic E-state index is -3.79. The van der Waals surface area contributed by atoms with Crippen molar-refractivity contribution in [2.75, 3.05) is 0 Å². The molecule has 0 bridgehead atoms. The Hall–Kier alpha value is -1.60. The quantitative estimate of drug-likeness (QED) is 0.767. The van der Waals surface area contributed by atoms with Crippen LogP contribution in [0.15, 0.2) is 23.1 Å². The molecule has 1 aliphatic carbocycles. The van der Waals surface area contributed by atoms with Gasteiger partial charge < -0.3 is 10.2 Å². The molecule has 1 aromatic carbocycles. The van der Waals surface area contributed by atoms with Gasteiger partial charge in [-0.15, -0.1) is 0 Å². The lowest BCUT2D eigenvalue weighted by Crippen LogP contribution is -2.52. The zero-order valence-corrected chi connectivity index (χ0v) is 11.9. The lowest BCUT2D eigenvalue weighted by atomic mass is 9.76. The molecule has 0 aliphatic heterocycles. The molecule has 1 saturated carbocycles. The molecule has 2 rings (SSSR count). The highest BCUT2D eigenvalue weighted by atomic mass is 32.2. The summed E-state index contributed by atoms with van der Waals surface area (Å²) in [6, 6.07) is 3.26. The van der Waals surface area contributed by atoms with E-state index in [0.29, 0.717) is 6.42 Å². The zero-order chi connectivity index (χ0) is 15.0. The van der Waals surface area contributed by atoms with E-state index in [0.717, 1.165) is 31.4 Å². The van der Waals surface area contributed by atoms with Gasteiger partial charge in [0, 0.05) is 5.54 Å². The predicted molar refractivity (Wildman–Crippen MR) is 72.3 cm³/mol. The molecule has 20 heavy (non-hydrogen) atoms. The van der Waals surface area contributed by atoms with Crippen LogP contribution in [0.5, 0.6) is 5.75 Å². The summed E-state index contributed by atoms with van der Waals surface area (Å²) in [4.78, 5) is 10.8. The maximum atomic E-state index is 12.3. The fourth-order valence-corrected chi connectivity index (χ4v) is 3.89. The number of benzene rings is 1. The van der Waals surface area contributed by atoms with E-state index in [9.17, 15) is 18.3 Å². The van der Waals surface area contributed by atoms with Crippen LogP contribution in [0.4, 0.5) is 0 Å². The Balaban J connectivity index is 2.35. The summed E-state index contributed by atoms with van der Waals surface area (Å²) in [6.07, 6.45) is 3.24. The Labute approximate surface area is 117 Å². The van der Waals surface area contributed by atoms with Crippen LogP contribution in [0.2, 0.25) is 0 Å². The fraction of sp³-hybridized carbons (Fsp3) is 0.462. The van der Waals surface area contributed by atoms with E-state index in [-0.39, 0.29) is 4.90 Å². The van der Waals surface area contributed by atoms with Crippen molar-refractivity contribution in [3.8, 4) is 5.75 Å². The predicted octanol–water partition coefficient (Wildman–Crippen LogP) is 1.70.